The van der Waals surface area contributed by atoms with Crippen molar-refractivity contribution in [1.29, 1.82) is 0 Å². The molecule has 4 nitrogen and oxygen atoms in total. The summed E-state index contributed by atoms with van der Waals surface area (Å²) in [5.74, 6) is 4.88. The number of aromatic nitrogens is 2. The highest BCUT2D eigenvalue weighted by Gasteiger charge is 2.03. The van der Waals surface area contributed by atoms with Gasteiger partial charge in [0.05, 0.1) is 11.8 Å². The lowest BCUT2D eigenvalue weighted by atomic mass is 10.2. The van der Waals surface area contributed by atoms with Crippen molar-refractivity contribution in [1.82, 2.24) is 9.78 Å². The fourth-order valence-electron chi connectivity index (χ4n) is 1.53. The second-order valence-corrected chi connectivity index (χ2v) is 3.91. The second-order valence-electron chi connectivity index (χ2n) is 3.91. The Kier molecular flexibility index (Phi) is 4.16. The van der Waals surface area contributed by atoms with Crippen LogP contribution in [0, 0.1) is 17.7 Å². The molecule has 2 aromatic rings. The standard InChI is InChI=1S/C14H13FN2O2/c1-17-9-11(8-16-17)10-19-13-5-4-12(3-2-6-18)14(15)7-13/h4-5,7-9,18H,6,10H2,1H3. The van der Waals surface area contributed by atoms with Crippen LogP contribution in [0.25, 0.3) is 0 Å². The SMILES string of the molecule is Cn1cc(COc2ccc(C#CCO)c(F)c2)cn1. The van der Waals surface area contributed by atoms with Crippen LogP contribution in [0.15, 0.2) is 30.6 Å². The van der Waals surface area contributed by atoms with Gasteiger partial charge >= 0.3 is 0 Å². The van der Waals surface area contributed by atoms with Gasteiger partial charge in [-0.2, -0.15) is 5.10 Å². The normalized spacial score (nSPS) is 9.84. The van der Waals surface area contributed by atoms with Gasteiger partial charge in [0.1, 0.15) is 24.8 Å². The molecule has 0 saturated heterocycles. The fraction of sp³-hybridized carbons (Fsp3) is 0.214. The van der Waals surface area contributed by atoms with E-state index in [1.54, 1.807) is 16.9 Å². The lowest BCUT2D eigenvalue weighted by Crippen LogP contribution is -1.95. The molecular weight excluding hydrogens is 247 g/mol. The van der Waals surface area contributed by atoms with Gasteiger partial charge in [0, 0.05) is 24.9 Å². The Labute approximate surface area is 110 Å². The van der Waals surface area contributed by atoms with E-state index in [4.69, 9.17) is 9.84 Å². The van der Waals surface area contributed by atoms with Crippen LogP contribution < -0.4 is 4.74 Å². The molecule has 0 fully saturated rings. The molecule has 19 heavy (non-hydrogen) atoms. The number of ether oxygens (including phenoxy) is 1. The molecule has 0 bridgehead atoms. The van der Waals surface area contributed by atoms with Crippen molar-refractivity contribution in [2.75, 3.05) is 6.61 Å². The van der Waals surface area contributed by atoms with Gasteiger partial charge in [-0.1, -0.05) is 11.8 Å². The monoisotopic (exact) mass is 260 g/mol. The summed E-state index contributed by atoms with van der Waals surface area (Å²) in [5.41, 5.74) is 1.15. The molecule has 0 aliphatic carbocycles. The molecule has 0 unspecified atom stereocenters. The molecule has 1 aromatic heterocycles. The van der Waals surface area contributed by atoms with Crippen molar-refractivity contribution in [2.45, 2.75) is 6.61 Å². The van der Waals surface area contributed by atoms with Crippen molar-refractivity contribution < 1.29 is 14.2 Å². The van der Waals surface area contributed by atoms with Gasteiger partial charge in [-0.05, 0) is 12.1 Å². The van der Waals surface area contributed by atoms with E-state index in [-0.39, 0.29) is 12.2 Å². The Balaban J connectivity index is 2.03. The average molecular weight is 260 g/mol. The third-order valence-electron chi connectivity index (χ3n) is 2.41. The van der Waals surface area contributed by atoms with Gasteiger partial charge in [0.25, 0.3) is 0 Å². The highest BCUT2D eigenvalue weighted by atomic mass is 19.1. The molecule has 0 atom stereocenters. The van der Waals surface area contributed by atoms with Gasteiger partial charge in [0.15, 0.2) is 0 Å². The molecule has 1 N–H and O–H groups in total. The predicted molar refractivity (Wildman–Crippen MR) is 67.9 cm³/mol. The van der Waals surface area contributed by atoms with E-state index < -0.39 is 5.82 Å². The molecule has 0 amide bonds. The predicted octanol–water partition coefficient (Wildman–Crippen LogP) is 1.48. The highest BCUT2D eigenvalue weighted by Crippen LogP contribution is 2.17. The maximum absolute atomic E-state index is 13.6. The van der Waals surface area contributed by atoms with Crippen LogP contribution in [0.4, 0.5) is 4.39 Å². The summed E-state index contributed by atoms with van der Waals surface area (Å²) >= 11 is 0. The van der Waals surface area contributed by atoms with Crippen LogP contribution in [0.2, 0.25) is 0 Å². The first-order valence-corrected chi connectivity index (χ1v) is 5.68. The minimum absolute atomic E-state index is 0.239. The Bertz CT molecular complexity index is 626. The Morgan fingerprint density at radius 1 is 1.47 bits per heavy atom. The average Bonchev–Trinajstić information content (AvgIpc) is 2.81. The molecule has 0 radical (unpaired) electrons. The highest BCUT2D eigenvalue weighted by molar-refractivity contribution is 5.39. The Morgan fingerprint density at radius 2 is 2.32 bits per heavy atom. The van der Waals surface area contributed by atoms with Crippen LogP contribution in [0.1, 0.15) is 11.1 Å². The summed E-state index contributed by atoms with van der Waals surface area (Å²) in [6.07, 6.45) is 3.52. The zero-order chi connectivity index (χ0) is 13.7. The first-order chi connectivity index (χ1) is 9.19. The molecule has 1 heterocycles. The van der Waals surface area contributed by atoms with E-state index >= 15 is 0 Å². The molecule has 0 spiro atoms. The number of rotatable bonds is 3. The summed E-state index contributed by atoms with van der Waals surface area (Å²) in [6, 6.07) is 4.44. The van der Waals surface area contributed by atoms with Crippen molar-refractivity contribution in [3.63, 3.8) is 0 Å². The van der Waals surface area contributed by atoms with Crippen LogP contribution in [-0.2, 0) is 13.7 Å². The zero-order valence-corrected chi connectivity index (χ0v) is 10.4. The number of benzene rings is 1. The van der Waals surface area contributed by atoms with Crippen molar-refractivity contribution in [3.05, 3.63) is 47.5 Å². The van der Waals surface area contributed by atoms with Gasteiger partial charge in [0.2, 0.25) is 0 Å². The first-order valence-electron chi connectivity index (χ1n) is 5.68. The third-order valence-corrected chi connectivity index (χ3v) is 2.41. The largest absolute Gasteiger partial charge is 0.489 e. The fourth-order valence-corrected chi connectivity index (χ4v) is 1.53. The summed E-state index contributed by atoms with van der Waals surface area (Å²) in [7, 11) is 1.82. The molecular formula is C14H13FN2O2. The van der Waals surface area contributed by atoms with Crippen LogP contribution in [-0.4, -0.2) is 21.5 Å². The number of halogens is 1. The molecule has 2 rings (SSSR count). The zero-order valence-electron chi connectivity index (χ0n) is 10.4. The van der Waals surface area contributed by atoms with E-state index in [1.807, 2.05) is 13.2 Å². The van der Waals surface area contributed by atoms with Crippen molar-refractivity contribution >= 4 is 0 Å². The third kappa shape index (κ3) is 3.57. The lowest BCUT2D eigenvalue weighted by Gasteiger charge is -2.05. The number of aliphatic hydroxyl groups excluding tert-OH is 1. The van der Waals surface area contributed by atoms with E-state index in [2.05, 4.69) is 16.9 Å². The Hall–Kier alpha value is -2.32. The van der Waals surface area contributed by atoms with Crippen LogP contribution in [0.5, 0.6) is 5.75 Å². The molecule has 0 aliphatic heterocycles. The smallest absolute Gasteiger partial charge is 0.142 e. The summed E-state index contributed by atoms with van der Waals surface area (Å²) < 4.78 is 20.8. The molecule has 5 heteroatoms. The quantitative estimate of drug-likeness (QED) is 0.850. The van der Waals surface area contributed by atoms with E-state index in [9.17, 15) is 4.39 Å². The Morgan fingerprint density at radius 3 is 2.95 bits per heavy atom. The van der Waals surface area contributed by atoms with E-state index in [1.165, 1.54) is 12.1 Å². The maximum Gasteiger partial charge on any atom is 0.142 e. The first kappa shape index (κ1) is 13.1. The summed E-state index contributed by atoms with van der Waals surface area (Å²) in [6.45, 7) is 0.0354. The molecule has 0 aliphatic rings. The molecule has 98 valence electrons. The summed E-state index contributed by atoms with van der Waals surface area (Å²) in [4.78, 5) is 0. The van der Waals surface area contributed by atoms with Crippen LogP contribution in [0.3, 0.4) is 0 Å². The van der Waals surface area contributed by atoms with Gasteiger partial charge in [-0.3, -0.25) is 4.68 Å². The summed E-state index contributed by atoms with van der Waals surface area (Å²) in [5, 5.41) is 12.6. The topological polar surface area (TPSA) is 47.3 Å². The minimum atomic E-state index is -0.468. The van der Waals surface area contributed by atoms with Crippen molar-refractivity contribution in [2.24, 2.45) is 7.05 Å². The number of aliphatic hydroxyl groups is 1. The van der Waals surface area contributed by atoms with Gasteiger partial charge < -0.3 is 9.84 Å². The minimum Gasteiger partial charge on any atom is -0.489 e. The molecule has 1 aromatic carbocycles. The number of nitrogens with zero attached hydrogens (tertiary/aromatic N) is 2. The lowest BCUT2D eigenvalue weighted by molar-refractivity contribution is 0.304. The number of aryl methyl sites for hydroxylation is 1. The van der Waals surface area contributed by atoms with Gasteiger partial charge in [-0.25, -0.2) is 4.39 Å². The van der Waals surface area contributed by atoms with Crippen molar-refractivity contribution in [3.8, 4) is 17.6 Å². The van der Waals surface area contributed by atoms with E-state index in [0.717, 1.165) is 5.56 Å². The number of hydrogen-bond donors (Lipinski definition) is 1. The van der Waals surface area contributed by atoms with Crippen LogP contribution >= 0.6 is 0 Å². The second kappa shape index (κ2) is 6.03. The molecule has 0 saturated carbocycles. The maximum atomic E-state index is 13.6. The van der Waals surface area contributed by atoms with Gasteiger partial charge in [-0.15, -0.1) is 0 Å². The van der Waals surface area contributed by atoms with E-state index in [0.29, 0.717) is 12.4 Å². The number of hydrogen-bond acceptors (Lipinski definition) is 3.